The number of hydrogen-bond donors (Lipinski definition) is 1. The second-order valence-corrected chi connectivity index (χ2v) is 8.52. The number of nitrogens with one attached hydrogen (secondary N) is 1. The van der Waals surface area contributed by atoms with Crippen molar-refractivity contribution in [2.75, 3.05) is 30.0 Å². The highest BCUT2D eigenvalue weighted by Gasteiger charge is 2.18. The summed E-state index contributed by atoms with van der Waals surface area (Å²) in [4.78, 5) is 12.8. The number of carbonyl (C=O) groups is 1. The fourth-order valence-electron chi connectivity index (χ4n) is 2.84. The largest absolute Gasteiger partial charge is 0.497 e. The Kier molecular flexibility index (Phi) is 5.89. The van der Waals surface area contributed by atoms with Gasteiger partial charge in [-0.25, -0.2) is 8.42 Å². The maximum Gasteiger partial charge on any atom is 0.255 e. The van der Waals surface area contributed by atoms with E-state index in [-0.39, 0.29) is 5.91 Å². The molecule has 0 aliphatic rings. The van der Waals surface area contributed by atoms with Gasteiger partial charge in [0.2, 0.25) is 10.0 Å². The highest BCUT2D eigenvalue weighted by atomic mass is 32.2. The van der Waals surface area contributed by atoms with Gasteiger partial charge >= 0.3 is 0 Å². The summed E-state index contributed by atoms with van der Waals surface area (Å²) in [5.41, 5.74) is 3.04. The van der Waals surface area contributed by atoms with Crippen LogP contribution in [0, 0.1) is 0 Å². The maximum absolute atomic E-state index is 12.8. The monoisotopic (exact) mass is 410 g/mol. The molecule has 0 saturated carbocycles. The van der Waals surface area contributed by atoms with Gasteiger partial charge in [0, 0.05) is 12.6 Å². The van der Waals surface area contributed by atoms with E-state index in [0.29, 0.717) is 22.7 Å². The molecule has 0 spiro atoms. The molecule has 0 aliphatic carbocycles. The van der Waals surface area contributed by atoms with Gasteiger partial charge in [-0.3, -0.25) is 9.10 Å². The van der Waals surface area contributed by atoms with Crippen LogP contribution in [0.5, 0.6) is 5.75 Å². The average Bonchev–Trinajstić information content (AvgIpc) is 2.73. The Hall–Kier alpha value is -3.32. The Labute approximate surface area is 170 Å². The zero-order chi connectivity index (χ0) is 21.0. The third-order valence-electron chi connectivity index (χ3n) is 4.54. The van der Waals surface area contributed by atoms with Gasteiger partial charge in [0.25, 0.3) is 5.91 Å². The van der Waals surface area contributed by atoms with Crippen LogP contribution in [0.1, 0.15) is 10.4 Å². The molecule has 7 heteroatoms. The molecule has 0 unspecified atom stereocenters. The molecule has 0 aliphatic heterocycles. The third-order valence-corrected chi connectivity index (χ3v) is 5.73. The number of benzene rings is 3. The summed E-state index contributed by atoms with van der Waals surface area (Å²) in [6.07, 6.45) is 1.12. The molecule has 1 N–H and O–H groups in total. The van der Waals surface area contributed by atoms with E-state index in [1.807, 2.05) is 36.4 Å². The van der Waals surface area contributed by atoms with Crippen molar-refractivity contribution in [1.29, 1.82) is 0 Å². The summed E-state index contributed by atoms with van der Waals surface area (Å²) in [6.45, 7) is 0. The van der Waals surface area contributed by atoms with E-state index in [0.717, 1.165) is 21.7 Å². The fraction of sp³-hybridized carbons (Fsp3) is 0.136. The lowest BCUT2D eigenvalue weighted by atomic mass is 10.0. The van der Waals surface area contributed by atoms with Gasteiger partial charge in [-0.2, -0.15) is 0 Å². The van der Waals surface area contributed by atoms with E-state index in [9.17, 15) is 13.2 Å². The van der Waals surface area contributed by atoms with Crippen molar-refractivity contribution in [3.8, 4) is 16.9 Å². The second-order valence-electron chi connectivity index (χ2n) is 6.51. The topological polar surface area (TPSA) is 75.7 Å². The number of carbonyl (C=O) groups excluding carboxylic acids is 1. The second kappa shape index (κ2) is 8.36. The Bertz CT molecular complexity index is 1110. The van der Waals surface area contributed by atoms with Crippen LogP contribution in [0.3, 0.4) is 0 Å². The van der Waals surface area contributed by atoms with E-state index < -0.39 is 10.0 Å². The lowest BCUT2D eigenvalue weighted by Gasteiger charge is -2.21. The molecule has 0 atom stereocenters. The Morgan fingerprint density at radius 2 is 1.59 bits per heavy atom. The van der Waals surface area contributed by atoms with Crippen molar-refractivity contribution in [2.24, 2.45) is 0 Å². The fourth-order valence-corrected chi connectivity index (χ4v) is 3.35. The van der Waals surface area contributed by atoms with Gasteiger partial charge in [-0.15, -0.1) is 0 Å². The molecule has 0 radical (unpaired) electrons. The van der Waals surface area contributed by atoms with Gasteiger partial charge in [0.05, 0.1) is 24.7 Å². The molecule has 150 valence electrons. The van der Waals surface area contributed by atoms with E-state index in [1.165, 1.54) is 7.05 Å². The van der Waals surface area contributed by atoms with E-state index >= 15 is 0 Å². The maximum atomic E-state index is 12.8. The minimum Gasteiger partial charge on any atom is -0.497 e. The first kappa shape index (κ1) is 20.4. The van der Waals surface area contributed by atoms with Gasteiger partial charge in [-0.05, 0) is 47.5 Å². The van der Waals surface area contributed by atoms with Crippen LogP contribution in [-0.2, 0) is 10.0 Å². The SMILES string of the molecule is COc1ccc(C(=O)Nc2cc(-c3ccccc3)ccc2N(C)S(C)(=O)=O)cc1. The van der Waals surface area contributed by atoms with E-state index in [1.54, 1.807) is 43.5 Å². The van der Waals surface area contributed by atoms with Crippen LogP contribution in [0.25, 0.3) is 11.1 Å². The van der Waals surface area contributed by atoms with Crippen LogP contribution in [0.2, 0.25) is 0 Å². The average molecular weight is 410 g/mol. The quantitative estimate of drug-likeness (QED) is 0.666. The number of rotatable bonds is 6. The van der Waals surface area contributed by atoms with Crippen LogP contribution in [-0.4, -0.2) is 34.7 Å². The molecule has 29 heavy (non-hydrogen) atoms. The number of ether oxygens (including phenoxy) is 1. The van der Waals surface area contributed by atoms with Crippen LogP contribution < -0.4 is 14.4 Å². The number of anilines is 2. The first-order chi connectivity index (χ1) is 13.8. The molecule has 3 rings (SSSR count). The molecule has 6 nitrogen and oxygen atoms in total. The Morgan fingerprint density at radius 3 is 2.17 bits per heavy atom. The number of amides is 1. The van der Waals surface area contributed by atoms with Crippen molar-refractivity contribution < 1.29 is 17.9 Å². The number of nitrogens with zero attached hydrogens (tertiary/aromatic N) is 1. The van der Waals surface area contributed by atoms with Crippen molar-refractivity contribution >= 4 is 27.3 Å². The lowest BCUT2D eigenvalue weighted by Crippen LogP contribution is -2.26. The minimum absolute atomic E-state index is 0.346. The molecule has 3 aromatic rings. The number of hydrogen-bond acceptors (Lipinski definition) is 4. The highest BCUT2D eigenvalue weighted by Crippen LogP contribution is 2.32. The van der Waals surface area contributed by atoms with Crippen molar-refractivity contribution in [2.45, 2.75) is 0 Å². The molecule has 0 saturated heterocycles. The smallest absolute Gasteiger partial charge is 0.255 e. The van der Waals surface area contributed by atoms with Crippen LogP contribution >= 0.6 is 0 Å². The molecule has 1 amide bonds. The Morgan fingerprint density at radius 1 is 0.931 bits per heavy atom. The zero-order valence-corrected chi connectivity index (χ0v) is 17.2. The standard InChI is InChI=1S/C22H22N2O4S/c1-24(29(3,26)27)21-14-11-18(16-7-5-4-6-8-16)15-20(21)23-22(25)17-9-12-19(28-2)13-10-17/h4-15H,1-3H3,(H,23,25). The summed E-state index contributed by atoms with van der Waals surface area (Å²) in [7, 11) is -0.493. The summed E-state index contributed by atoms with van der Waals surface area (Å²) < 4.78 is 30.4. The molecule has 0 aromatic heterocycles. The van der Waals surface area contributed by atoms with E-state index in [2.05, 4.69) is 5.32 Å². The van der Waals surface area contributed by atoms with Gasteiger partial charge in [0.1, 0.15) is 5.75 Å². The van der Waals surface area contributed by atoms with Crippen molar-refractivity contribution in [1.82, 2.24) is 0 Å². The number of sulfonamides is 1. The summed E-state index contributed by atoms with van der Waals surface area (Å²) >= 11 is 0. The summed E-state index contributed by atoms with van der Waals surface area (Å²) in [6, 6.07) is 21.6. The summed E-state index contributed by atoms with van der Waals surface area (Å²) in [5, 5.41) is 2.84. The van der Waals surface area contributed by atoms with Crippen LogP contribution in [0.4, 0.5) is 11.4 Å². The van der Waals surface area contributed by atoms with Crippen molar-refractivity contribution in [3.05, 3.63) is 78.4 Å². The third kappa shape index (κ3) is 4.75. The number of methoxy groups -OCH3 is 1. The highest BCUT2D eigenvalue weighted by molar-refractivity contribution is 7.92. The molecule has 0 fully saturated rings. The lowest BCUT2D eigenvalue weighted by molar-refractivity contribution is 0.102. The van der Waals surface area contributed by atoms with E-state index in [4.69, 9.17) is 4.74 Å². The first-order valence-corrected chi connectivity index (χ1v) is 10.7. The predicted octanol–water partition coefficient (Wildman–Crippen LogP) is 4.01. The zero-order valence-electron chi connectivity index (χ0n) is 16.4. The van der Waals surface area contributed by atoms with Gasteiger partial charge in [0.15, 0.2) is 0 Å². The molecule has 0 bridgehead atoms. The van der Waals surface area contributed by atoms with Gasteiger partial charge in [-0.1, -0.05) is 36.4 Å². The molecule has 3 aromatic carbocycles. The molecule has 0 heterocycles. The Balaban J connectivity index is 2.01. The first-order valence-electron chi connectivity index (χ1n) is 8.88. The molecular weight excluding hydrogens is 388 g/mol. The van der Waals surface area contributed by atoms with Gasteiger partial charge < -0.3 is 10.1 Å². The predicted molar refractivity (Wildman–Crippen MR) is 116 cm³/mol. The summed E-state index contributed by atoms with van der Waals surface area (Å²) in [5.74, 6) is 0.297. The minimum atomic E-state index is -3.50. The molecular formula is C22H22N2O4S. The van der Waals surface area contributed by atoms with Crippen molar-refractivity contribution in [3.63, 3.8) is 0 Å². The normalized spacial score (nSPS) is 11.0. The van der Waals surface area contributed by atoms with Crippen LogP contribution in [0.15, 0.2) is 72.8 Å².